The number of hydrogen-bond donors (Lipinski definition) is 1. The van der Waals surface area contributed by atoms with Crippen LogP contribution in [0.1, 0.15) is 26.7 Å². The predicted octanol–water partition coefficient (Wildman–Crippen LogP) is 0.856. The number of rotatable bonds is 4. The van der Waals surface area contributed by atoms with Crippen LogP contribution < -0.4 is 5.73 Å². The third-order valence-corrected chi connectivity index (χ3v) is 2.60. The van der Waals surface area contributed by atoms with Crippen molar-refractivity contribution < 1.29 is 9.53 Å². The van der Waals surface area contributed by atoms with Gasteiger partial charge in [0.05, 0.1) is 6.61 Å². The first kappa shape index (κ1) is 14.4. The summed E-state index contributed by atoms with van der Waals surface area (Å²) in [6, 6.07) is 0. The number of carbonyl (C=O) groups excluding carboxylic acids is 1. The molecule has 15 heavy (non-hydrogen) atoms. The van der Waals surface area contributed by atoms with Crippen molar-refractivity contribution in [1.29, 1.82) is 0 Å². The van der Waals surface area contributed by atoms with Crippen LogP contribution in [0.25, 0.3) is 0 Å². The number of hydrogen-bond acceptors (Lipinski definition) is 3. The van der Waals surface area contributed by atoms with Crippen molar-refractivity contribution in [3.63, 3.8) is 0 Å². The number of nitrogens with zero attached hydrogens (tertiary/aromatic N) is 1. The van der Waals surface area contributed by atoms with Crippen molar-refractivity contribution in [2.75, 3.05) is 33.4 Å². The van der Waals surface area contributed by atoms with Gasteiger partial charge in [-0.2, -0.15) is 0 Å². The number of carbonyl (C=O) groups is 1. The molecule has 0 aromatic rings. The second-order valence-corrected chi connectivity index (χ2v) is 3.51. The minimum atomic E-state index is -0.147. The molecule has 2 N–H and O–H groups in total. The van der Waals surface area contributed by atoms with Gasteiger partial charge < -0.3 is 15.4 Å². The SMILES string of the molecule is CC.COCCN1CCC(C(N)=O)CC1. The Bertz CT molecular complexity index is 166. The maximum absolute atomic E-state index is 10.9. The molecule has 4 nitrogen and oxygen atoms in total. The Kier molecular flexibility index (Phi) is 8.33. The van der Waals surface area contributed by atoms with E-state index < -0.39 is 0 Å². The Morgan fingerprint density at radius 2 is 1.93 bits per heavy atom. The summed E-state index contributed by atoms with van der Waals surface area (Å²) in [5.74, 6) is -0.0508. The quantitative estimate of drug-likeness (QED) is 0.758. The van der Waals surface area contributed by atoms with E-state index in [1.807, 2.05) is 13.8 Å². The number of likely N-dealkylation sites (tertiary alicyclic amines) is 1. The number of piperidine rings is 1. The topological polar surface area (TPSA) is 55.6 Å². The van der Waals surface area contributed by atoms with Gasteiger partial charge in [-0.3, -0.25) is 4.79 Å². The maximum atomic E-state index is 10.9. The molecule has 1 aliphatic heterocycles. The summed E-state index contributed by atoms with van der Waals surface area (Å²) >= 11 is 0. The molecule has 90 valence electrons. The number of amides is 1. The van der Waals surface area contributed by atoms with Gasteiger partial charge >= 0.3 is 0 Å². The highest BCUT2D eigenvalue weighted by atomic mass is 16.5. The van der Waals surface area contributed by atoms with Crippen LogP contribution in [0.15, 0.2) is 0 Å². The molecule has 1 fully saturated rings. The highest BCUT2D eigenvalue weighted by molar-refractivity contribution is 5.76. The van der Waals surface area contributed by atoms with E-state index in [4.69, 9.17) is 10.5 Å². The fourth-order valence-electron chi connectivity index (χ4n) is 1.66. The lowest BCUT2D eigenvalue weighted by atomic mass is 9.96. The van der Waals surface area contributed by atoms with Gasteiger partial charge in [-0.25, -0.2) is 0 Å². The van der Waals surface area contributed by atoms with E-state index >= 15 is 0 Å². The molecule has 0 unspecified atom stereocenters. The Morgan fingerprint density at radius 3 is 2.33 bits per heavy atom. The Morgan fingerprint density at radius 1 is 1.40 bits per heavy atom. The van der Waals surface area contributed by atoms with Crippen molar-refractivity contribution in [2.45, 2.75) is 26.7 Å². The van der Waals surface area contributed by atoms with E-state index in [1.165, 1.54) is 0 Å². The molecule has 0 saturated carbocycles. The summed E-state index contributed by atoms with van der Waals surface area (Å²) < 4.78 is 4.99. The van der Waals surface area contributed by atoms with Gasteiger partial charge in [0.2, 0.25) is 5.91 Å². The molecule has 0 bridgehead atoms. The van der Waals surface area contributed by atoms with Crippen molar-refractivity contribution in [3.8, 4) is 0 Å². The second-order valence-electron chi connectivity index (χ2n) is 3.51. The van der Waals surface area contributed by atoms with Crippen LogP contribution in [0.4, 0.5) is 0 Å². The fourth-order valence-corrected chi connectivity index (χ4v) is 1.66. The van der Waals surface area contributed by atoms with Crippen LogP contribution in [-0.4, -0.2) is 44.2 Å². The van der Waals surface area contributed by atoms with Gasteiger partial charge in [0.15, 0.2) is 0 Å². The first-order valence-electron chi connectivity index (χ1n) is 5.74. The van der Waals surface area contributed by atoms with E-state index in [0.717, 1.165) is 39.1 Å². The molecule has 0 aliphatic carbocycles. The lowest BCUT2D eigenvalue weighted by Gasteiger charge is -2.29. The highest BCUT2D eigenvalue weighted by Gasteiger charge is 2.22. The maximum Gasteiger partial charge on any atom is 0.220 e. The van der Waals surface area contributed by atoms with Crippen LogP contribution in [0.5, 0.6) is 0 Å². The first-order valence-corrected chi connectivity index (χ1v) is 5.74. The molecule has 0 aromatic carbocycles. The third-order valence-electron chi connectivity index (χ3n) is 2.60. The second kappa shape index (κ2) is 8.68. The molecule has 0 spiro atoms. The predicted molar refractivity (Wildman–Crippen MR) is 61.6 cm³/mol. The number of ether oxygens (including phenoxy) is 1. The lowest BCUT2D eigenvalue weighted by molar-refractivity contribution is -0.123. The molecular formula is C11H24N2O2. The molecule has 0 radical (unpaired) electrons. The van der Waals surface area contributed by atoms with Crippen LogP contribution in [0.2, 0.25) is 0 Å². The zero-order valence-corrected chi connectivity index (χ0v) is 10.2. The number of methoxy groups -OCH3 is 1. The summed E-state index contributed by atoms with van der Waals surface area (Å²) in [7, 11) is 1.70. The molecule has 0 atom stereocenters. The summed E-state index contributed by atoms with van der Waals surface area (Å²) in [6.07, 6.45) is 1.80. The number of primary amides is 1. The van der Waals surface area contributed by atoms with Gasteiger partial charge in [0, 0.05) is 19.6 Å². The molecule has 1 saturated heterocycles. The zero-order valence-electron chi connectivity index (χ0n) is 10.2. The van der Waals surface area contributed by atoms with Crippen LogP contribution in [0, 0.1) is 5.92 Å². The van der Waals surface area contributed by atoms with E-state index in [-0.39, 0.29) is 11.8 Å². The Balaban J connectivity index is 0.000000921. The van der Waals surface area contributed by atoms with E-state index in [9.17, 15) is 4.79 Å². The average molecular weight is 216 g/mol. The molecular weight excluding hydrogens is 192 g/mol. The van der Waals surface area contributed by atoms with Gasteiger partial charge in [-0.1, -0.05) is 13.8 Å². The van der Waals surface area contributed by atoms with Gasteiger partial charge in [-0.15, -0.1) is 0 Å². The summed E-state index contributed by atoms with van der Waals surface area (Å²) in [5.41, 5.74) is 5.23. The smallest absolute Gasteiger partial charge is 0.220 e. The summed E-state index contributed by atoms with van der Waals surface area (Å²) in [4.78, 5) is 13.2. The molecule has 1 heterocycles. The molecule has 1 aliphatic rings. The van der Waals surface area contributed by atoms with Crippen molar-refractivity contribution >= 4 is 5.91 Å². The third kappa shape index (κ3) is 5.74. The van der Waals surface area contributed by atoms with Gasteiger partial charge in [0.25, 0.3) is 0 Å². The minimum Gasteiger partial charge on any atom is -0.383 e. The zero-order chi connectivity index (χ0) is 11.7. The standard InChI is InChI=1S/C9H18N2O2.C2H6/c1-13-7-6-11-4-2-8(3-5-11)9(10)12;1-2/h8H,2-7H2,1H3,(H2,10,12);1-2H3. The van der Waals surface area contributed by atoms with Crippen LogP contribution >= 0.6 is 0 Å². The lowest BCUT2D eigenvalue weighted by Crippen LogP contribution is -2.39. The van der Waals surface area contributed by atoms with Crippen LogP contribution in [0.3, 0.4) is 0 Å². The number of nitrogens with two attached hydrogens (primary N) is 1. The summed E-state index contributed by atoms with van der Waals surface area (Å²) in [6.45, 7) is 7.66. The van der Waals surface area contributed by atoms with Crippen molar-refractivity contribution in [3.05, 3.63) is 0 Å². The van der Waals surface area contributed by atoms with E-state index in [0.29, 0.717) is 0 Å². The normalized spacial score (nSPS) is 18.1. The molecule has 1 amide bonds. The summed E-state index contributed by atoms with van der Waals surface area (Å²) in [5, 5.41) is 0. The molecule has 1 rings (SSSR count). The molecule has 4 heteroatoms. The first-order chi connectivity index (χ1) is 7.24. The Labute approximate surface area is 92.8 Å². The molecule has 0 aromatic heterocycles. The van der Waals surface area contributed by atoms with Gasteiger partial charge in [0.1, 0.15) is 0 Å². The Hall–Kier alpha value is -0.610. The van der Waals surface area contributed by atoms with Gasteiger partial charge in [-0.05, 0) is 25.9 Å². The minimum absolute atomic E-state index is 0.0961. The fraction of sp³-hybridized carbons (Fsp3) is 0.909. The van der Waals surface area contributed by atoms with Crippen molar-refractivity contribution in [2.24, 2.45) is 11.7 Å². The van der Waals surface area contributed by atoms with E-state index in [2.05, 4.69) is 4.90 Å². The van der Waals surface area contributed by atoms with E-state index in [1.54, 1.807) is 7.11 Å². The van der Waals surface area contributed by atoms with Crippen molar-refractivity contribution in [1.82, 2.24) is 4.90 Å². The average Bonchev–Trinajstić information content (AvgIpc) is 2.29. The van der Waals surface area contributed by atoms with Crippen LogP contribution in [-0.2, 0) is 9.53 Å². The highest BCUT2D eigenvalue weighted by Crippen LogP contribution is 2.15. The monoisotopic (exact) mass is 216 g/mol. The largest absolute Gasteiger partial charge is 0.383 e.